The van der Waals surface area contributed by atoms with E-state index in [2.05, 4.69) is 11.8 Å². The van der Waals surface area contributed by atoms with Gasteiger partial charge in [0.15, 0.2) is 11.5 Å². The normalized spacial score (nSPS) is 17.7. The van der Waals surface area contributed by atoms with E-state index in [9.17, 15) is 5.11 Å². The lowest BCUT2D eigenvalue weighted by Gasteiger charge is -2.21. The molecular weight excluding hydrogens is 256 g/mol. The van der Waals surface area contributed by atoms with Crippen LogP contribution in [-0.2, 0) is 6.42 Å². The van der Waals surface area contributed by atoms with Crippen molar-refractivity contribution < 1.29 is 19.3 Å². The fourth-order valence-electron chi connectivity index (χ4n) is 2.51. The van der Waals surface area contributed by atoms with Crippen molar-refractivity contribution in [3.63, 3.8) is 0 Å². The van der Waals surface area contributed by atoms with Gasteiger partial charge in [0.25, 0.3) is 0 Å². The van der Waals surface area contributed by atoms with E-state index in [-0.39, 0.29) is 0 Å². The largest absolute Gasteiger partial charge is 0.493 e. The van der Waals surface area contributed by atoms with Crippen LogP contribution in [-0.4, -0.2) is 26.4 Å². The molecule has 4 heteroatoms. The molecule has 1 aliphatic carbocycles. The van der Waals surface area contributed by atoms with Gasteiger partial charge in [-0.1, -0.05) is 5.92 Å². The Hall–Kier alpha value is -1.86. The summed E-state index contributed by atoms with van der Waals surface area (Å²) in [6.07, 6.45) is 2.32. The van der Waals surface area contributed by atoms with Gasteiger partial charge in [0.2, 0.25) is 5.75 Å². The zero-order valence-electron chi connectivity index (χ0n) is 12.2. The predicted molar refractivity (Wildman–Crippen MR) is 76.4 cm³/mol. The molecule has 2 rings (SSSR count). The summed E-state index contributed by atoms with van der Waals surface area (Å²) in [4.78, 5) is 0. The van der Waals surface area contributed by atoms with Gasteiger partial charge in [-0.25, -0.2) is 0 Å². The van der Waals surface area contributed by atoms with E-state index in [1.165, 1.54) is 0 Å². The zero-order valence-corrected chi connectivity index (χ0v) is 12.2. The summed E-state index contributed by atoms with van der Waals surface area (Å²) in [6, 6.07) is 1.87. The second kappa shape index (κ2) is 6.53. The lowest BCUT2D eigenvalue weighted by Crippen LogP contribution is -2.07. The topological polar surface area (TPSA) is 47.9 Å². The van der Waals surface area contributed by atoms with Gasteiger partial charge >= 0.3 is 0 Å². The maximum absolute atomic E-state index is 10.5. The Bertz CT molecular complexity index is 540. The van der Waals surface area contributed by atoms with E-state index < -0.39 is 6.10 Å². The third-order valence-electron chi connectivity index (χ3n) is 3.47. The van der Waals surface area contributed by atoms with Crippen molar-refractivity contribution in [2.24, 2.45) is 0 Å². The monoisotopic (exact) mass is 276 g/mol. The van der Waals surface area contributed by atoms with Gasteiger partial charge in [-0.2, -0.15) is 0 Å². The molecule has 1 unspecified atom stereocenters. The van der Waals surface area contributed by atoms with E-state index in [1.807, 2.05) is 6.07 Å². The lowest BCUT2D eigenvalue weighted by atomic mass is 9.95. The Balaban J connectivity index is 2.65. The highest BCUT2D eigenvalue weighted by Crippen LogP contribution is 2.45. The average Bonchev–Trinajstić information content (AvgIpc) is 2.56. The first kappa shape index (κ1) is 14.5. The Morgan fingerprint density at radius 3 is 2.50 bits per heavy atom. The number of hydrogen-bond acceptors (Lipinski definition) is 4. The summed E-state index contributed by atoms with van der Waals surface area (Å²) in [6.45, 7) is 0. The van der Waals surface area contributed by atoms with Crippen LogP contribution in [0.5, 0.6) is 17.2 Å². The van der Waals surface area contributed by atoms with E-state index in [0.29, 0.717) is 30.1 Å². The van der Waals surface area contributed by atoms with E-state index >= 15 is 0 Å². The third kappa shape index (κ3) is 2.68. The molecule has 4 nitrogen and oxygen atoms in total. The number of fused-ring (bicyclic) bond motifs is 1. The Labute approximate surface area is 119 Å². The maximum atomic E-state index is 10.5. The molecule has 1 atom stereocenters. The van der Waals surface area contributed by atoms with Gasteiger partial charge in [-0.05, 0) is 24.5 Å². The summed E-state index contributed by atoms with van der Waals surface area (Å²) < 4.78 is 16.2. The van der Waals surface area contributed by atoms with Crippen LogP contribution in [0.25, 0.3) is 0 Å². The molecule has 0 heterocycles. The Morgan fingerprint density at radius 1 is 1.10 bits per heavy atom. The summed E-state index contributed by atoms with van der Waals surface area (Å²) in [5.74, 6) is 7.90. The average molecular weight is 276 g/mol. The van der Waals surface area contributed by atoms with Crippen molar-refractivity contribution in [2.75, 3.05) is 21.3 Å². The van der Waals surface area contributed by atoms with Crippen molar-refractivity contribution in [1.29, 1.82) is 0 Å². The molecule has 108 valence electrons. The van der Waals surface area contributed by atoms with Crippen LogP contribution in [0.4, 0.5) is 0 Å². The summed E-state index contributed by atoms with van der Waals surface area (Å²) in [7, 11) is 4.72. The summed E-state index contributed by atoms with van der Waals surface area (Å²) in [5, 5.41) is 10.5. The number of hydrogen-bond donors (Lipinski definition) is 1. The van der Waals surface area contributed by atoms with Crippen molar-refractivity contribution in [1.82, 2.24) is 0 Å². The lowest BCUT2D eigenvalue weighted by molar-refractivity contribution is 0.159. The summed E-state index contributed by atoms with van der Waals surface area (Å²) in [5.41, 5.74) is 1.70. The number of aliphatic hydroxyl groups is 1. The molecule has 1 aromatic rings. The van der Waals surface area contributed by atoms with Gasteiger partial charge in [0, 0.05) is 18.4 Å². The number of rotatable bonds is 3. The molecule has 0 bridgehead atoms. The maximum Gasteiger partial charge on any atom is 0.203 e. The van der Waals surface area contributed by atoms with Crippen LogP contribution in [0, 0.1) is 11.8 Å². The highest BCUT2D eigenvalue weighted by Gasteiger charge is 2.25. The molecule has 0 saturated carbocycles. The molecule has 1 aromatic carbocycles. The van der Waals surface area contributed by atoms with E-state index in [1.54, 1.807) is 21.3 Å². The van der Waals surface area contributed by atoms with Gasteiger partial charge in [-0.15, -0.1) is 5.92 Å². The van der Waals surface area contributed by atoms with Crippen LogP contribution < -0.4 is 14.2 Å². The third-order valence-corrected chi connectivity index (χ3v) is 3.47. The molecule has 1 aliphatic rings. The van der Waals surface area contributed by atoms with Crippen LogP contribution >= 0.6 is 0 Å². The van der Waals surface area contributed by atoms with Gasteiger partial charge < -0.3 is 19.3 Å². The molecule has 1 N–H and O–H groups in total. The second-order valence-corrected chi connectivity index (χ2v) is 4.66. The number of methoxy groups -OCH3 is 3. The number of benzene rings is 1. The van der Waals surface area contributed by atoms with Crippen LogP contribution in [0.15, 0.2) is 6.07 Å². The zero-order chi connectivity index (χ0) is 14.5. The Kier molecular flexibility index (Phi) is 4.75. The van der Waals surface area contributed by atoms with E-state index in [4.69, 9.17) is 14.2 Å². The quantitative estimate of drug-likeness (QED) is 0.862. The van der Waals surface area contributed by atoms with E-state index in [0.717, 1.165) is 24.0 Å². The molecule has 0 aromatic heterocycles. The minimum absolute atomic E-state index is 0.514. The molecule has 0 spiro atoms. The molecule has 20 heavy (non-hydrogen) atoms. The van der Waals surface area contributed by atoms with Crippen LogP contribution in [0.3, 0.4) is 0 Å². The van der Waals surface area contributed by atoms with Crippen molar-refractivity contribution in [3.05, 3.63) is 17.2 Å². The van der Waals surface area contributed by atoms with Crippen LogP contribution in [0.2, 0.25) is 0 Å². The van der Waals surface area contributed by atoms with Gasteiger partial charge in [0.1, 0.15) is 0 Å². The standard InChI is InChI=1S/C16H20O4/c1-18-13-10-11-8-6-4-5-7-9-12(17)14(11)16(20-3)15(13)19-2/h10,12,17H,5,7-9H2,1-3H3. The minimum atomic E-state index is -0.582. The van der Waals surface area contributed by atoms with Crippen molar-refractivity contribution in [3.8, 4) is 29.1 Å². The highest BCUT2D eigenvalue weighted by atomic mass is 16.5. The Morgan fingerprint density at radius 2 is 1.85 bits per heavy atom. The van der Waals surface area contributed by atoms with Gasteiger partial charge in [0.05, 0.1) is 27.4 Å². The minimum Gasteiger partial charge on any atom is -0.493 e. The fourth-order valence-corrected chi connectivity index (χ4v) is 2.51. The van der Waals surface area contributed by atoms with Crippen LogP contribution in [0.1, 0.15) is 36.5 Å². The smallest absolute Gasteiger partial charge is 0.203 e. The molecular formula is C16H20O4. The molecule has 0 radical (unpaired) electrons. The first-order valence-corrected chi connectivity index (χ1v) is 6.68. The first-order chi connectivity index (χ1) is 9.72. The fraction of sp³-hybridized carbons (Fsp3) is 0.500. The predicted octanol–water partition coefficient (Wildman–Crippen LogP) is 2.48. The molecule has 0 aliphatic heterocycles. The molecule has 0 saturated heterocycles. The van der Waals surface area contributed by atoms with Crippen molar-refractivity contribution >= 4 is 0 Å². The highest BCUT2D eigenvalue weighted by molar-refractivity contribution is 5.60. The number of ether oxygens (including phenoxy) is 3. The van der Waals surface area contributed by atoms with Gasteiger partial charge in [-0.3, -0.25) is 0 Å². The molecule has 0 fully saturated rings. The molecule has 0 amide bonds. The second-order valence-electron chi connectivity index (χ2n) is 4.66. The van der Waals surface area contributed by atoms with Crippen molar-refractivity contribution in [2.45, 2.75) is 31.8 Å². The number of aliphatic hydroxyl groups excluding tert-OH is 1. The summed E-state index contributed by atoms with van der Waals surface area (Å²) >= 11 is 0. The first-order valence-electron chi connectivity index (χ1n) is 6.68. The SMILES string of the molecule is COc1cc2c(c(OC)c1OC)C(O)CCCC#CC2.